The van der Waals surface area contributed by atoms with Crippen LogP contribution in [0.5, 0.6) is 0 Å². The first kappa shape index (κ1) is 13.0. The molecule has 0 amide bonds. The molecule has 22 heavy (non-hydrogen) atoms. The van der Waals surface area contributed by atoms with E-state index < -0.39 is 0 Å². The molecule has 2 aromatic carbocycles. The summed E-state index contributed by atoms with van der Waals surface area (Å²) in [5.74, 6) is -0.215. The Bertz CT molecular complexity index is 890. The summed E-state index contributed by atoms with van der Waals surface area (Å²) in [5, 5.41) is 0. The molecule has 1 aliphatic heterocycles. The maximum Gasteiger partial charge on any atom is 0.147 e. The maximum atomic E-state index is 14.1. The number of rotatable bonds is 1. The van der Waals surface area contributed by atoms with Gasteiger partial charge in [-0.1, -0.05) is 36.4 Å². The molecule has 108 valence electrons. The summed E-state index contributed by atoms with van der Waals surface area (Å²) in [6, 6.07) is 15.1. The Morgan fingerprint density at radius 3 is 2.68 bits per heavy atom. The van der Waals surface area contributed by atoms with Gasteiger partial charge in [0, 0.05) is 29.2 Å². The summed E-state index contributed by atoms with van der Waals surface area (Å²) < 4.78 is 16.1. The zero-order valence-electron chi connectivity index (χ0n) is 12.3. The summed E-state index contributed by atoms with van der Waals surface area (Å²) in [4.78, 5) is 4.49. The number of nitrogens with zero attached hydrogens (tertiary/aromatic N) is 2. The van der Waals surface area contributed by atoms with E-state index in [9.17, 15) is 4.39 Å². The minimum absolute atomic E-state index is 0.215. The van der Waals surface area contributed by atoms with E-state index in [1.807, 2.05) is 42.1 Å². The third-order valence-corrected chi connectivity index (χ3v) is 4.16. The van der Waals surface area contributed by atoms with Crippen LogP contribution in [0.2, 0.25) is 0 Å². The van der Waals surface area contributed by atoms with Gasteiger partial charge in [-0.05, 0) is 30.2 Å². The van der Waals surface area contributed by atoms with E-state index in [-0.39, 0.29) is 5.82 Å². The molecule has 3 heteroatoms. The molecule has 0 aliphatic carbocycles. The van der Waals surface area contributed by atoms with Gasteiger partial charge in [-0.2, -0.15) is 0 Å². The average Bonchev–Trinajstić information content (AvgIpc) is 2.74. The molecule has 2 heterocycles. The Hall–Kier alpha value is -2.68. The molecular formula is C19H15FN2. The first-order valence-corrected chi connectivity index (χ1v) is 7.30. The third kappa shape index (κ3) is 1.90. The highest BCUT2D eigenvalue weighted by Gasteiger charge is 2.19. The fourth-order valence-electron chi connectivity index (χ4n) is 3.13. The number of benzene rings is 2. The van der Waals surface area contributed by atoms with Gasteiger partial charge in [0.1, 0.15) is 5.82 Å². The van der Waals surface area contributed by atoms with Crippen LogP contribution < -0.4 is 0 Å². The van der Waals surface area contributed by atoms with E-state index in [4.69, 9.17) is 0 Å². The average molecular weight is 290 g/mol. The lowest BCUT2D eigenvalue weighted by molar-refractivity contribution is 0.617. The normalized spacial score (nSPS) is 12.6. The predicted octanol–water partition coefficient (Wildman–Crippen LogP) is 4.52. The van der Waals surface area contributed by atoms with E-state index in [0.717, 1.165) is 27.9 Å². The summed E-state index contributed by atoms with van der Waals surface area (Å²) in [6.45, 7) is 2.65. The van der Waals surface area contributed by atoms with Crippen molar-refractivity contribution in [3.05, 3.63) is 77.4 Å². The van der Waals surface area contributed by atoms with Crippen LogP contribution in [-0.4, -0.2) is 10.8 Å². The number of aliphatic imine (C=N–C) groups is 1. The van der Waals surface area contributed by atoms with E-state index in [1.165, 1.54) is 6.07 Å². The van der Waals surface area contributed by atoms with Gasteiger partial charge in [0.05, 0.1) is 12.2 Å². The van der Waals surface area contributed by atoms with Gasteiger partial charge in [0.25, 0.3) is 0 Å². The van der Waals surface area contributed by atoms with E-state index in [0.29, 0.717) is 12.2 Å². The number of para-hydroxylation sites is 1. The molecule has 3 aromatic rings. The molecular weight excluding hydrogens is 275 g/mol. The number of fused-ring (bicyclic) bond motifs is 3. The second-order valence-electron chi connectivity index (χ2n) is 5.49. The van der Waals surface area contributed by atoms with Gasteiger partial charge in [-0.25, -0.2) is 4.39 Å². The van der Waals surface area contributed by atoms with Crippen molar-refractivity contribution in [1.29, 1.82) is 0 Å². The van der Waals surface area contributed by atoms with Crippen LogP contribution >= 0.6 is 0 Å². The van der Waals surface area contributed by atoms with Gasteiger partial charge in [0.15, 0.2) is 0 Å². The SMILES string of the molecule is Cc1c2c(cn1-c1ccccc1F)CN=Cc1ccccc1-2. The van der Waals surface area contributed by atoms with Crippen LogP contribution in [0.15, 0.2) is 59.7 Å². The Balaban J connectivity index is 1.99. The molecule has 0 unspecified atom stereocenters. The van der Waals surface area contributed by atoms with Crippen molar-refractivity contribution in [2.24, 2.45) is 4.99 Å². The Morgan fingerprint density at radius 2 is 1.82 bits per heavy atom. The molecule has 0 N–H and O–H groups in total. The number of hydrogen-bond donors (Lipinski definition) is 0. The lowest BCUT2D eigenvalue weighted by atomic mass is 9.98. The van der Waals surface area contributed by atoms with Gasteiger partial charge in [-0.15, -0.1) is 0 Å². The first-order valence-electron chi connectivity index (χ1n) is 7.30. The van der Waals surface area contributed by atoms with Gasteiger partial charge in [-0.3, -0.25) is 4.99 Å². The van der Waals surface area contributed by atoms with Crippen molar-refractivity contribution in [1.82, 2.24) is 4.57 Å². The molecule has 0 saturated carbocycles. The molecule has 0 saturated heterocycles. The zero-order valence-corrected chi connectivity index (χ0v) is 12.3. The highest BCUT2D eigenvalue weighted by Crippen LogP contribution is 2.35. The van der Waals surface area contributed by atoms with Gasteiger partial charge >= 0.3 is 0 Å². The van der Waals surface area contributed by atoms with Crippen molar-refractivity contribution in [2.75, 3.05) is 0 Å². The number of hydrogen-bond acceptors (Lipinski definition) is 1. The standard InChI is InChI=1S/C19H15FN2/c1-13-19-15(11-21-10-14-6-2-3-7-16(14)19)12-22(13)18-9-5-4-8-17(18)20/h2-10,12H,11H2,1H3. The van der Waals surface area contributed by atoms with Crippen molar-refractivity contribution in [2.45, 2.75) is 13.5 Å². The van der Waals surface area contributed by atoms with Crippen LogP contribution in [-0.2, 0) is 6.54 Å². The number of halogens is 1. The quantitative estimate of drug-likeness (QED) is 0.627. The topological polar surface area (TPSA) is 17.3 Å². The summed E-state index contributed by atoms with van der Waals surface area (Å²) in [6.07, 6.45) is 3.92. The van der Waals surface area contributed by atoms with Crippen LogP contribution in [0.1, 0.15) is 16.8 Å². The fourth-order valence-corrected chi connectivity index (χ4v) is 3.13. The minimum atomic E-state index is -0.215. The zero-order chi connectivity index (χ0) is 15.1. The van der Waals surface area contributed by atoms with Gasteiger partial charge < -0.3 is 4.57 Å². The summed E-state index contributed by atoms with van der Waals surface area (Å²) >= 11 is 0. The number of aromatic nitrogens is 1. The fraction of sp³-hybridized carbons (Fsp3) is 0.105. The van der Waals surface area contributed by atoms with Crippen LogP contribution in [0, 0.1) is 12.7 Å². The second-order valence-corrected chi connectivity index (χ2v) is 5.49. The highest BCUT2D eigenvalue weighted by atomic mass is 19.1. The maximum absolute atomic E-state index is 14.1. The molecule has 0 spiro atoms. The Kier molecular flexibility index (Phi) is 2.93. The third-order valence-electron chi connectivity index (χ3n) is 4.16. The largest absolute Gasteiger partial charge is 0.318 e. The lowest BCUT2D eigenvalue weighted by Crippen LogP contribution is -1.99. The smallest absolute Gasteiger partial charge is 0.147 e. The molecule has 0 bridgehead atoms. The van der Waals surface area contributed by atoms with Gasteiger partial charge in [0.2, 0.25) is 0 Å². The van der Waals surface area contributed by atoms with Crippen molar-refractivity contribution >= 4 is 6.21 Å². The highest BCUT2D eigenvalue weighted by molar-refractivity contribution is 5.93. The molecule has 4 rings (SSSR count). The second kappa shape index (κ2) is 4.95. The molecule has 1 aliphatic rings. The molecule has 1 aromatic heterocycles. The molecule has 0 fully saturated rings. The molecule has 2 nitrogen and oxygen atoms in total. The van der Waals surface area contributed by atoms with Crippen LogP contribution in [0.4, 0.5) is 4.39 Å². The van der Waals surface area contributed by atoms with E-state index in [1.54, 1.807) is 12.1 Å². The van der Waals surface area contributed by atoms with Crippen LogP contribution in [0.25, 0.3) is 16.8 Å². The monoisotopic (exact) mass is 290 g/mol. The van der Waals surface area contributed by atoms with Crippen molar-refractivity contribution < 1.29 is 4.39 Å². The summed E-state index contributed by atoms with van der Waals surface area (Å²) in [7, 11) is 0. The predicted molar refractivity (Wildman–Crippen MR) is 87.2 cm³/mol. The summed E-state index contributed by atoms with van der Waals surface area (Å²) in [5.41, 5.74) is 6.17. The van der Waals surface area contributed by atoms with E-state index in [2.05, 4.69) is 17.1 Å². The molecule has 0 radical (unpaired) electrons. The van der Waals surface area contributed by atoms with Crippen LogP contribution in [0.3, 0.4) is 0 Å². The minimum Gasteiger partial charge on any atom is -0.318 e. The Labute approximate surface area is 128 Å². The van der Waals surface area contributed by atoms with Crippen molar-refractivity contribution in [3.63, 3.8) is 0 Å². The molecule has 0 atom stereocenters. The van der Waals surface area contributed by atoms with Crippen molar-refractivity contribution in [3.8, 4) is 16.8 Å². The van der Waals surface area contributed by atoms with E-state index >= 15 is 0 Å². The first-order chi connectivity index (χ1) is 10.8. The lowest BCUT2D eigenvalue weighted by Gasteiger charge is -2.10. The Morgan fingerprint density at radius 1 is 1.05 bits per heavy atom.